The molecule has 1 aliphatic rings. The van der Waals surface area contributed by atoms with Crippen molar-refractivity contribution >= 4 is 39.5 Å². The Balaban J connectivity index is 1.54. The minimum atomic E-state index is -3.77. The van der Waals surface area contributed by atoms with Crippen molar-refractivity contribution in [3.05, 3.63) is 72.1 Å². The number of anilines is 3. The van der Waals surface area contributed by atoms with Gasteiger partial charge in [-0.15, -0.1) is 0 Å². The first-order valence-electron chi connectivity index (χ1n) is 11.1. The van der Waals surface area contributed by atoms with Gasteiger partial charge in [0.2, 0.25) is 16.0 Å². The Kier molecular flexibility index (Phi) is 7.86. The molecule has 0 atom stereocenters. The summed E-state index contributed by atoms with van der Waals surface area (Å²) in [7, 11) is -3.77. The van der Waals surface area contributed by atoms with Crippen LogP contribution in [0.4, 0.5) is 17.3 Å². The summed E-state index contributed by atoms with van der Waals surface area (Å²) in [5, 5.41) is 15.5. The molecule has 34 heavy (non-hydrogen) atoms. The minimum Gasteiger partial charge on any atom is -0.395 e. The number of aromatic nitrogens is 2. The molecule has 0 radical (unpaired) electrons. The van der Waals surface area contributed by atoms with E-state index < -0.39 is 10.0 Å². The van der Waals surface area contributed by atoms with E-state index in [1.54, 1.807) is 30.6 Å². The molecule has 1 aromatic heterocycles. The summed E-state index contributed by atoms with van der Waals surface area (Å²) >= 11 is 0. The molecule has 1 saturated heterocycles. The number of rotatable bonds is 9. The molecular weight excluding hydrogens is 452 g/mol. The molecule has 0 spiro atoms. The van der Waals surface area contributed by atoms with Crippen LogP contribution in [0.1, 0.15) is 11.1 Å². The van der Waals surface area contributed by atoms with Crippen molar-refractivity contribution in [2.24, 2.45) is 0 Å². The SMILES string of the molecule is O=S(=O)(NCCO)c1ccc(Nc2ncc(C=Cc3ccccc3)cn2)cc1N1CCNCC1. The Morgan fingerprint density at radius 3 is 2.41 bits per heavy atom. The number of hydrogen-bond acceptors (Lipinski definition) is 8. The van der Waals surface area contributed by atoms with Gasteiger partial charge in [-0.2, -0.15) is 0 Å². The lowest BCUT2D eigenvalue weighted by Crippen LogP contribution is -2.44. The van der Waals surface area contributed by atoms with Crippen LogP contribution >= 0.6 is 0 Å². The normalized spacial score (nSPS) is 14.4. The second-order valence-corrected chi connectivity index (χ2v) is 9.49. The maximum absolute atomic E-state index is 12.8. The number of piperazine rings is 1. The molecule has 0 amide bonds. The second kappa shape index (κ2) is 11.2. The Morgan fingerprint density at radius 2 is 1.71 bits per heavy atom. The van der Waals surface area contributed by atoms with Gasteiger partial charge in [-0.3, -0.25) is 0 Å². The lowest BCUT2D eigenvalue weighted by molar-refractivity contribution is 0.301. The summed E-state index contributed by atoms with van der Waals surface area (Å²) < 4.78 is 28.1. The van der Waals surface area contributed by atoms with Crippen LogP contribution in [0, 0.1) is 0 Å². The zero-order valence-electron chi connectivity index (χ0n) is 18.7. The average Bonchev–Trinajstić information content (AvgIpc) is 2.88. The predicted molar refractivity (Wildman–Crippen MR) is 134 cm³/mol. The molecule has 4 rings (SSSR count). The first-order valence-corrected chi connectivity index (χ1v) is 12.6. The molecule has 0 saturated carbocycles. The van der Waals surface area contributed by atoms with E-state index in [1.807, 2.05) is 47.4 Å². The average molecular weight is 481 g/mol. The predicted octanol–water partition coefficient (Wildman–Crippen LogP) is 2.07. The third-order valence-corrected chi connectivity index (χ3v) is 6.81. The van der Waals surface area contributed by atoms with Crippen LogP contribution in [0.15, 0.2) is 65.8 Å². The fourth-order valence-corrected chi connectivity index (χ4v) is 4.83. The number of aliphatic hydroxyl groups excluding tert-OH is 1. The van der Waals surface area contributed by atoms with E-state index in [1.165, 1.54) is 0 Å². The largest absolute Gasteiger partial charge is 0.395 e. The van der Waals surface area contributed by atoms with Crippen LogP contribution in [-0.4, -0.2) is 62.8 Å². The zero-order valence-corrected chi connectivity index (χ0v) is 19.5. The summed E-state index contributed by atoms with van der Waals surface area (Å²) in [6.07, 6.45) is 7.39. The molecular formula is C24H28N6O3S. The van der Waals surface area contributed by atoms with Crippen LogP contribution < -0.4 is 20.3 Å². The standard InChI is InChI=1S/C24H28N6O3S/c31-15-12-28-34(32,33)23-9-8-21(16-22(23)30-13-10-25-11-14-30)29-24-26-17-20(18-27-24)7-6-19-4-2-1-3-5-19/h1-9,16-18,25,28,31H,10-15H2,(H,26,27,29). The molecule has 0 unspecified atom stereocenters. The molecule has 9 nitrogen and oxygen atoms in total. The molecule has 0 bridgehead atoms. The van der Waals surface area contributed by atoms with Crippen LogP contribution in [0.25, 0.3) is 12.2 Å². The third kappa shape index (κ3) is 6.17. The van der Waals surface area contributed by atoms with E-state index in [0.717, 1.165) is 24.2 Å². The van der Waals surface area contributed by atoms with Crippen molar-refractivity contribution in [2.45, 2.75) is 4.90 Å². The molecule has 4 N–H and O–H groups in total. The van der Waals surface area contributed by atoms with E-state index in [4.69, 9.17) is 5.11 Å². The fourth-order valence-electron chi connectivity index (χ4n) is 3.61. The molecule has 2 heterocycles. The first kappa shape index (κ1) is 23.8. The summed E-state index contributed by atoms with van der Waals surface area (Å²) in [5.41, 5.74) is 3.24. The van der Waals surface area contributed by atoms with Gasteiger partial charge >= 0.3 is 0 Å². The highest BCUT2D eigenvalue weighted by Gasteiger charge is 2.23. The van der Waals surface area contributed by atoms with Crippen molar-refractivity contribution in [3.8, 4) is 0 Å². The van der Waals surface area contributed by atoms with Gasteiger partial charge in [-0.25, -0.2) is 23.1 Å². The monoisotopic (exact) mass is 480 g/mol. The summed E-state index contributed by atoms with van der Waals surface area (Å²) in [5.74, 6) is 0.414. The summed E-state index contributed by atoms with van der Waals surface area (Å²) in [6.45, 7) is 2.60. The van der Waals surface area contributed by atoms with E-state index in [-0.39, 0.29) is 18.0 Å². The Labute approximate surface area is 199 Å². The van der Waals surface area contributed by atoms with Crippen molar-refractivity contribution in [1.82, 2.24) is 20.0 Å². The minimum absolute atomic E-state index is 0.0394. The zero-order chi connectivity index (χ0) is 23.8. The van der Waals surface area contributed by atoms with Crippen molar-refractivity contribution in [2.75, 3.05) is 49.5 Å². The van der Waals surface area contributed by atoms with Gasteiger partial charge in [-0.05, 0) is 23.8 Å². The lowest BCUT2D eigenvalue weighted by atomic mass is 10.2. The number of hydrogen-bond donors (Lipinski definition) is 4. The highest BCUT2D eigenvalue weighted by Crippen LogP contribution is 2.30. The summed E-state index contributed by atoms with van der Waals surface area (Å²) in [4.78, 5) is 11.0. The second-order valence-electron chi connectivity index (χ2n) is 7.75. The number of nitrogens with one attached hydrogen (secondary N) is 3. The lowest BCUT2D eigenvalue weighted by Gasteiger charge is -2.31. The first-order chi connectivity index (χ1) is 16.5. The van der Waals surface area contributed by atoms with Gasteiger partial charge in [0.25, 0.3) is 0 Å². The highest BCUT2D eigenvalue weighted by atomic mass is 32.2. The Bertz CT molecular complexity index is 1210. The van der Waals surface area contributed by atoms with Crippen molar-refractivity contribution < 1.29 is 13.5 Å². The van der Waals surface area contributed by atoms with Gasteiger partial charge in [0.15, 0.2) is 0 Å². The fraction of sp³-hybridized carbons (Fsp3) is 0.250. The van der Waals surface area contributed by atoms with Gasteiger partial charge in [0.05, 0.1) is 12.3 Å². The molecule has 178 valence electrons. The van der Waals surface area contributed by atoms with Gasteiger partial charge in [0.1, 0.15) is 4.90 Å². The number of aliphatic hydroxyl groups is 1. The number of benzene rings is 2. The maximum Gasteiger partial charge on any atom is 0.242 e. The van der Waals surface area contributed by atoms with Gasteiger partial charge in [0, 0.05) is 56.4 Å². The third-order valence-electron chi connectivity index (χ3n) is 5.31. The van der Waals surface area contributed by atoms with Crippen LogP contribution in [-0.2, 0) is 10.0 Å². The molecule has 1 fully saturated rings. The number of nitrogens with zero attached hydrogens (tertiary/aromatic N) is 3. The number of sulfonamides is 1. The van der Waals surface area contributed by atoms with Crippen molar-refractivity contribution in [1.29, 1.82) is 0 Å². The molecule has 3 aromatic rings. The topological polar surface area (TPSA) is 119 Å². The Morgan fingerprint density at radius 1 is 1.00 bits per heavy atom. The Hall–Kier alpha value is -3.31. The van der Waals surface area contributed by atoms with Gasteiger partial charge in [-0.1, -0.05) is 42.5 Å². The van der Waals surface area contributed by atoms with Gasteiger partial charge < -0.3 is 20.6 Å². The molecule has 2 aromatic carbocycles. The van der Waals surface area contributed by atoms with E-state index >= 15 is 0 Å². The van der Waals surface area contributed by atoms with Crippen LogP contribution in [0.5, 0.6) is 0 Å². The van der Waals surface area contributed by atoms with Crippen LogP contribution in [0.2, 0.25) is 0 Å². The molecule has 0 aliphatic carbocycles. The maximum atomic E-state index is 12.8. The highest BCUT2D eigenvalue weighted by molar-refractivity contribution is 7.89. The van der Waals surface area contributed by atoms with E-state index in [2.05, 4.69) is 25.3 Å². The van der Waals surface area contributed by atoms with Crippen LogP contribution in [0.3, 0.4) is 0 Å². The van der Waals surface area contributed by atoms with Crippen molar-refractivity contribution in [3.63, 3.8) is 0 Å². The van der Waals surface area contributed by atoms with E-state index in [0.29, 0.717) is 30.4 Å². The smallest absolute Gasteiger partial charge is 0.242 e. The molecule has 10 heteroatoms. The molecule has 1 aliphatic heterocycles. The summed E-state index contributed by atoms with van der Waals surface area (Å²) in [6, 6.07) is 15.0. The van der Waals surface area contributed by atoms with E-state index in [9.17, 15) is 8.42 Å². The quantitative estimate of drug-likeness (QED) is 0.368.